The number of nitrogens with one attached hydrogen (secondary N) is 1. The van der Waals surface area contributed by atoms with Crippen LogP contribution in [0.1, 0.15) is 79.2 Å². The summed E-state index contributed by atoms with van der Waals surface area (Å²) in [5.74, 6) is -1.38. The average molecular weight is 560 g/mol. The zero-order chi connectivity index (χ0) is 28.1. The van der Waals surface area contributed by atoms with E-state index in [2.05, 4.69) is 34.7 Å². The van der Waals surface area contributed by atoms with Crippen molar-refractivity contribution in [1.82, 2.24) is 14.7 Å². The van der Waals surface area contributed by atoms with Crippen molar-refractivity contribution in [2.24, 2.45) is 0 Å². The third-order valence-corrected chi connectivity index (χ3v) is 7.15. The van der Waals surface area contributed by atoms with E-state index in [0.29, 0.717) is 11.1 Å². The second-order valence-corrected chi connectivity index (χ2v) is 10.4. The average Bonchev–Trinajstić information content (AvgIpc) is 3.60. The second kappa shape index (κ2) is 15.4. The standard InChI is InChI=1S/C15H9F3N2O2.C15H27NS/c16-15(17,18)11-6-10(9-4-2-1-3-5-9)7-20-8-12(14(21)22)19-13(11)20;1-2-3-4-5-6-7-8-9-12-16-14-15-11-10-13-17-15/h1-8H,(H,21,22);10-11,13,16H,2-9,12,14H2,1H3. The molecule has 0 saturated heterocycles. The molecule has 0 aliphatic heterocycles. The van der Waals surface area contributed by atoms with Gasteiger partial charge in [-0.1, -0.05) is 88.3 Å². The number of alkyl halides is 3. The predicted molar refractivity (Wildman–Crippen MR) is 151 cm³/mol. The number of aromatic carboxylic acids is 1. The lowest BCUT2D eigenvalue weighted by Gasteiger charge is -2.11. The molecule has 39 heavy (non-hydrogen) atoms. The molecule has 0 aliphatic rings. The van der Waals surface area contributed by atoms with Crippen molar-refractivity contribution >= 4 is 23.0 Å². The van der Waals surface area contributed by atoms with Crippen LogP contribution < -0.4 is 5.32 Å². The highest BCUT2D eigenvalue weighted by Crippen LogP contribution is 2.35. The number of carboxylic acid groups (broad SMARTS) is 1. The van der Waals surface area contributed by atoms with Crippen molar-refractivity contribution in [1.29, 1.82) is 0 Å². The molecule has 9 heteroatoms. The topological polar surface area (TPSA) is 66.6 Å². The highest BCUT2D eigenvalue weighted by atomic mass is 32.1. The van der Waals surface area contributed by atoms with Gasteiger partial charge < -0.3 is 14.8 Å². The van der Waals surface area contributed by atoms with Gasteiger partial charge in [0.05, 0.1) is 5.56 Å². The Balaban J connectivity index is 0.000000224. The second-order valence-electron chi connectivity index (χ2n) is 9.40. The lowest BCUT2D eigenvalue weighted by atomic mass is 10.1. The van der Waals surface area contributed by atoms with E-state index >= 15 is 0 Å². The van der Waals surface area contributed by atoms with Crippen LogP contribution in [0.2, 0.25) is 0 Å². The minimum absolute atomic E-state index is 0.328. The summed E-state index contributed by atoms with van der Waals surface area (Å²) >= 11 is 1.84. The molecule has 3 heterocycles. The minimum Gasteiger partial charge on any atom is -0.476 e. The summed E-state index contributed by atoms with van der Waals surface area (Å²) in [6.07, 6.45) is 9.10. The van der Waals surface area contributed by atoms with Crippen LogP contribution in [0.4, 0.5) is 13.2 Å². The van der Waals surface area contributed by atoms with E-state index in [1.54, 1.807) is 30.3 Å². The van der Waals surface area contributed by atoms with Crippen LogP contribution in [-0.4, -0.2) is 27.0 Å². The van der Waals surface area contributed by atoms with Crippen LogP contribution in [0.3, 0.4) is 0 Å². The molecule has 0 radical (unpaired) electrons. The van der Waals surface area contributed by atoms with Crippen LogP contribution in [0.5, 0.6) is 0 Å². The largest absolute Gasteiger partial charge is 0.476 e. The highest BCUT2D eigenvalue weighted by Gasteiger charge is 2.35. The third kappa shape index (κ3) is 9.82. The van der Waals surface area contributed by atoms with Gasteiger partial charge in [-0.3, -0.25) is 0 Å². The molecular formula is C30H36F3N3O2S. The number of fused-ring (bicyclic) bond motifs is 1. The van der Waals surface area contributed by atoms with E-state index in [9.17, 15) is 18.0 Å². The van der Waals surface area contributed by atoms with Gasteiger partial charge in [-0.25, -0.2) is 9.78 Å². The first kappa shape index (κ1) is 30.4. The predicted octanol–water partition coefficient (Wildman–Crippen LogP) is 8.70. The van der Waals surface area contributed by atoms with E-state index in [1.165, 1.54) is 69.0 Å². The van der Waals surface area contributed by atoms with Crippen LogP contribution in [-0.2, 0) is 12.7 Å². The molecule has 0 bridgehead atoms. The Morgan fingerprint density at radius 2 is 1.64 bits per heavy atom. The number of carbonyl (C=O) groups is 1. The number of nitrogens with zero attached hydrogens (tertiary/aromatic N) is 2. The zero-order valence-electron chi connectivity index (χ0n) is 22.2. The SMILES string of the molecule is CCCCCCCCCCNCc1cccs1.O=C(O)c1cn2cc(-c3ccccc3)cc(C(F)(F)F)c2n1. The van der Waals surface area contributed by atoms with Gasteiger partial charge in [0.1, 0.15) is 5.65 Å². The number of benzene rings is 1. The smallest absolute Gasteiger partial charge is 0.420 e. The Morgan fingerprint density at radius 3 is 2.26 bits per heavy atom. The Kier molecular flexibility index (Phi) is 12.0. The van der Waals surface area contributed by atoms with Gasteiger partial charge in [-0.15, -0.1) is 11.3 Å². The summed E-state index contributed by atoms with van der Waals surface area (Å²) in [7, 11) is 0. The van der Waals surface area contributed by atoms with Crippen molar-refractivity contribution in [3.8, 4) is 11.1 Å². The molecule has 0 spiro atoms. The first-order valence-corrected chi connectivity index (χ1v) is 14.3. The number of rotatable bonds is 13. The minimum atomic E-state index is -4.63. The van der Waals surface area contributed by atoms with Crippen LogP contribution in [0.15, 0.2) is 66.3 Å². The fourth-order valence-corrected chi connectivity index (χ4v) is 4.88. The van der Waals surface area contributed by atoms with Crippen molar-refractivity contribution in [2.45, 2.75) is 71.0 Å². The summed E-state index contributed by atoms with van der Waals surface area (Å²) in [4.78, 5) is 15.9. The summed E-state index contributed by atoms with van der Waals surface area (Å²) in [5, 5.41) is 14.6. The van der Waals surface area contributed by atoms with Gasteiger partial charge in [0.25, 0.3) is 0 Å². The van der Waals surface area contributed by atoms with E-state index < -0.39 is 29.1 Å². The maximum absolute atomic E-state index is 13.2. The highest BCUT2D eigenvalue weighted by molar-refractivity contribution is 7.09. The molecule has 0 fully saturated rings. The summed E-state index contributed by atoms with van der Waals surface area (Å²) < 4.78 is 40.8. The van der Waals surface area contributed by atoms with Gasteiger partial charge >= 0.3 is 12.1 Å². The first-order valence-electron chi connectivity index (χ1n) is 13.4. The van der Waals surface area contributed by atoms with E-state index in [1.807, 2.05) is 11.3 Å². The molecule has 0 unspecified atom stereocenters. The third-order valence-electron chi connectivity index (χ3n) is 6.27. The Hall–Kier alpha value is -3.17. The maximum atomic E-state index is 13.2. The first-order chi connectivity index (χ1) is 18.8. The monoisotopic (exact) mass is 559 g/mol. The molecule has 5 nitrogen and oxygen atoms in total. The Labute approximate surface area is 231 Å². The molecule has 2 N–H and O–H groups in total. The Morgan fingerprint density at radius 1 is 0.949 bits per heavy atom. The number of imidazole rings is 1. The fraction of sp³-hybridized carbons (Fsp3) is 0.400. The van der Waals surface area contributed by atoms with Crippen LogP contribution in [0.25, 0.3) is 16.8 Å². The molecular weight excluding hydrogens is 523 g/mol. The van der Waals surface area contributed by atoms with Gasteiger partial charge in [0.2, 0.25) is 0 Å². The molecule has 4 rings (SSSR count). The lowest BCUT2D eigenvalue weighted by Crippen LogP contribution is -2.13. The quantitative estimate of drug-likeness (QED) is 0.161. The maximum Gasteiger partial charge on any atom is 0.420 e. The zero-order valence-corrected chi connectivity index (χ0v) is 23.0. The molecule has 3 aromatic heterocycles. The molecule has 0 saturated carbocycles. The fourth-order valence-electron chi connectivity index (χ4n) is 4.21. The van der Waals surface area contributed by atoms with Gasteiger partial charge in [-0.2, -0.15) is 13.2 Å². The van der Waals surface area contributed by atoms with Crippen molar-refractivity contribution in [3.05, 3.63) is 82.4 Å². The number of carboxylic acids is 1. The number of hydrogen-bond donors (Lipinski definition) is 2. The summed E-state index contributed by atoms with van der Waals surface area (Å²) in [5.41, 5.74) is -0.906. The molecule has 0 aliphatic carbocycles. The molecule has 1 aromatic carbocycles. The van der Waals surface area contributed by atoms with E-state index in [4.69, 9.17) is 5.11 Å². The number of thiophene rings is 1. The van der Waals surface area contributed by atoms with Crippen LogP contribution >= 0.6 is 11.3 Å². The van der Waals surface area contributed by atoms with Gasteiger partial charge in [0.15, 0.2) is 5.69 Å². The van der Waals surface area contributed by atoms with Gasteiger partial charge in [0, 0.05) is 23.8 Å². The van der Waals surface area contributed by atoms with E-state index in [-0.39, 0.29) is 0 Å². The number of halogens is 3. The molecule has 0 atom stereocenters. The lowest BCUT2D eigenvalue weighted by molar-refractivity contribution is -0.136. The van der Waals surface area contributed by atoms with Crippen molar-refractivity contribution in [3.63, 3.8) is 0 Å². The van der Waals surface area contributed by atoms with Crippen molar-refractivity contribution in [2.75, 3.05) is 6.54 Å². The van der Waals surface area contributed by atoms with Crippen molar-refractivity contribution < 1.29 is 23.1 Å². The number of hydrogen-bond acceptors (Lipinski definition) is 4. The Bertz CT molecular complexity index is 1270. The summed E-state index contributed by atoms with van der Waals surface area (Å²) in [6, 6.07) is 13.8. The molecule has 4 aromatic rings. The van der Waals surface area contributed by atoms with E-state index in [0.717, 1.165) is 23.2 Å². The molecule has 210 valence electrons. The number of unbranched alkanes of at least 4 members (excludes halogenated alkanes) is 7. The number of pyridine rings is 1. The van der Waals surface area contributed by atoms with Crippen LogP contribution in [0, 0.1) is 0 Å². The number of aromatic nitrogens is 2. The molecule has 0 amide bonds. The van der Waals surface area contributed by atoms with Gasteiger partial charge in [-0.05, 0) is 41.6 Å². The summed E-state index contributed by atoms with van der Waals surface area (Å²) in [6.45, 7) is 4.50. The normalized spacial score (nSPS) is 11.4.